The molecule has 1 saturated carbocycles. The molecule has 0 radical (unpaired) electrons. The highest BCUT2D eigenvalue weighted by atomic mass is 19.1. The van der Waals surface area contributed by atoms with Crippen molar-refractivity contribution in [1.82, 2.24) is 9.80 Å². The van der Waals surface area contributed by atoms with Crippen LogP contribution in [0, 0.1) is 17.8 Å². The summed E-state index contributed by atoms with van der Waals surface area (Å²) in [5.41, 5.74) is -1.25. The molecule has 298 valence electrons. The average molecular weight is 757 g/mol. The maximum Gasteiger partial charge on any atom is 0.410 e. The maximum atomic E-state index is 15.1. The topological polar surface area (TPSA) is 138 Å². The Hall–Kier alpha value is -4.26. The molecule has 3 aliphatic rings. The van der Waals surface area contributed by atoms with Gasteiger partial charge in [-0.05, 0) is 82.8 Å². The van der Waals surface area contributed by atoms with Gasteiger partial charge < -0.3 is 28.6 Å². The van der Waals surface area contributed by atoms with Gasteiger partial charge in [0.1, 0.15) is 30.0 Å². The largest absolute Gasteiger partial charge is 0.458 e. The van der Waals surface area contributed by atoms with Crippen molar-refractivity contribution in [3.8, 4) is 0 Å². The van der Waals surface area contributed by atoms with Gasteiger partial charge in [-0.25, -0.2) is 23.6 Å². The first-order valence-corrected chi connectivity index (χ1v) is 18.8. The molecule has 4 rings (SSSR count). The Bertz CT molecular complexity index is 1520. The number of rotatable bonds is 17. The van der Waals surface area contributed by atoms with Crippen LogP contribution in [0.25, 0.3) is 0 Å². The molecular weight excluding hydrogens is 699 g/mol. The van der Waals surface area contributed by atoms with Crippen molar-refractivity contribution in [1.29, 1.82) is 0 Å². The van der Waals surface area contributed by atoms with Crippen LogP contribution in [-0.4, -0.2) is 103 Å². The van der Waals surface area contributed by atoms with Crippen LogP contribution in [-0.2, 0) is 49.5 Å². The summed E-state index contributed by atoms with van der Waals surface area (Å²) >= 11 is 0. The second-order valence-corrected chi connectivity index (χ2v) is 16.2. The lowest BCUT2D eigenvalue weighted by Crippen LogP contribution is -2.52. The number of benzene rings is 1. The molecule has 2 fully saturated rings. The number of esters is 3. The predicted octanol–water partition coefficient (Wildman–Crippen LogP) is 6.11. The summed E-state index contributed by atoms with van der Waals surface area (Å²) in [6, 6.07) is 6.55. The third kappa shape index (κ3) is 13.5. The third-order valence-electron chi connectivity index (χ3n) is 9.72. The first-order chi connectivity index (χ1) is 25.4. The zero-order chi connectivity index (χ0) is 39.6. The van der Waals surface area contributed by atoms with Gasteiger partial charge in [0.2, 0.25) is 0 Å². The molecule has 2 aliphatic carbocycles. The minimum Gasteiger partial charge on any atom is -0.458 e. The first-order valence-electron chi connectivity index (χ1n) is 18.8. The van der Waals surface area contributed by atoms with Crippen molar-refractivity contribution in [2.75, 3.05) is 33.9 Å². The summed E-state index contributed by atoms with van der Waals surface area (Å²) in [5, 5.41) is 0. The van der Waals surface area contributed by atoms with E-state index in [1.54, 1.807) is 32.9 Å². The number of carbonyl (C=O) groups is 5. The molecule has 0 spiro atoms. The fourth-order valence-corrected chi connectivity index (χ4v) is 6.50. The fraction of sp³-hybridized carbons (Fsp3) is 0.634. The molecular formula is C41H57FN2O10. The van der Waals surface area contributed by atoms with Crippen molar-refractivity contribution in [3.05, 3.63) is 59.7 Å². The first kappa shape index (κ1) is 42.5. The van der Waals surface area contributed by atoms with E-state index in [0.717, 1.165) is 41.7 Å². The predicted molar refractivity (Wildman–Crippen MR) is 197 cm³/mol. The van der Waals surface area contributed by atoms with Crippen molar-refractivity contribution in [2.24, 2.45) is 17.8 Å². The fourth-order valence-electron chi connectivity index (χ4n) is 6.50. The highest BCUT2D eigenvalue weighted by Crippen LogP contribution is 2.36. The normalized spacial score (nSPS) is 19.2. The van der Waals surface area contributed by atoms with Gasteiger partial charge in [-0.2, -0.15) is 0 Å². The summed E-state index contributed by atoms with van der Waals surface area (Å²) < 4.78 is 42.7. The van der Waals surface area contributed by atoms with Gasteiger partial charge in [-0.15, -0.1) is 0 Å². The van der Waals surface area contributed by atoms with E-state index in [-0.39, 0.29) is 31.3 Å². The van der Waals surface area contributed by atoms with E-state index < -0.39 is 72.4 Å². The Kier molecular flexibility index (Phi) is 14.8. The lowest BCUT2D eigenvalue weighted by Gasteiger charge is -2.34. The number of carbonyl (C=O) groups excluding carboxylic acids is 5. The molecule has 2 amide bonds. The van der Waals surface area contributed by atoms with Gasteiger partial charge in [-0.1, -0.05) is 61.4 Å². The summed E-state index contributed by atoms with van der Waals surface area (Å²) in [6.07, 6.45) is 7.08. The van der Waals surface area contributed by atoms with Crippen LogP contribution < -0.4 is 0 Å². The standard InChI is InChI=1S/C41H57FN2O10/c1-40(2,3)54-39(49)44(7)33(24-41(4,5)42)38(48)53-34(23-29-15-16-31(21-29)30-17-19-50-20-18-30)36(46)43(6)32(22-27-13-14-27)37(47)52-26-35(45)51-25-28-11-9-8-10-12-28/h8-12,15-16,21,27,30-34H,13-14,17-20,22-26H2,1-7H3/t31?,32-,33-,34+/m0/s1. The molecule has 54 heavy (non-hydrogen) atoms. The Morgan fingerprint density at radius 1 is 0.889 bits per heavy atom. The Balaban J connectivity index is 1.54. The van der Waals surface area contributed by atoms with Gasteiger partial charge in [0.25, 0.3) is 5.91 Å². The van der Waals surface area contributed by atoms with Crippen molar-refractivity contribution < 1.29 is 52.0 Å². The summed E-state index contributed by atoms with van der Waals surface area (Å²) in [6.45, 7) is 8.28. The molecule has 4 atom stereocenters. The van der Waals surface area contributed by atoms with E-state index in [1.165, 1.54) is 32.8 Å². The summed E-state index contributed by atoms with van der Waals surface area (Å²) in [5.74, 6) is -2.56. The second kappa shape index (κ2) is 18.9. The summed E-state index contributed by atoms with van der Waals surface area (Å²) in [4.78, 5) is 69.6. The number of ether oxygens (including phenoxy) is 5. The van der Waals surface area contributed by atoms with Crippen LogP contribution in [0.2, 0.25) is 0 Å². The molecule has 0 N–H and O–H groups in total. The minimum atomic E-state index is -1.90. The molecule has 1 aromatic rings. The summed E-state index contributed by atoms with van der Waals surface area (Å²) in [7, 11) is 2.76. The van der Waals surface area contributed by atoms with Crippen molar-refractivity contribution in [3.63, 3.8) is 0 Å². The van der Waals surface area contributed by atoms with Crippen LogP contribution in [0.15, 0.2) is 54.1 Å². The van der Waals surface area contributed by atoms with E-state index in [9.17, 15) is 24.0 Å². The zero-order valence-electron chi connectivity index (χ0n) is 32.7. The maximum absolute atomic E-state index is 15.1. The van der Waals surface area contributed by atoms with Crippen molar-refractivity contribution >= 4 is 29.9 Å². The van der Waals surface area contributed by atoms with Gasteiger partial charge in [0, 0.05) is 40.2 Å². The van der Waals surface area contributed by atoms with E-state index in [4.69, 9.17) is 23.7 Å². The molecule has 0 aromatic heterocycles. The quantitative estimate of drug-likeness (QED) is 0.135. The monoisotopic (exact) mass is 756 g/mol. The highest BCUT2D eigenvalue weighted by Gasteiger charge is 2.42. The van der Waals surface area contributed by atoms with E-state index in [0.29, 0.717) is 19.1 Å². The van der Waals surface area contributed by atoms with Gasteiger partial charge in [-0.3, -0.25) is 9.69 Å². The number of amides is 2. The van der Waals surface area contributed by atoms with E-state index in [2.05, 4.69) is 12.2 Å². The van der Waals surface area contributed by atoms with Crippen LogP contribution in [0.3, 0.4) is 0 Å². The Morgan fingerprint density at radius 3 is 2.17 bits per heavy atom. The number of hydrogen-bond acceptors (Lipinski definition) is 10. The molecule has 1 aliphatic heterocycles. The Morgan fingerprint density at radius 2 is 1.56 bits per heavy atom. The highest BCUT2D eigenvalue weighted by molar-refractivity contribution is 5.90. The number of halogens is 1. The number of allylic oxidation sites excluding steroid dienone is 3. The van der Waals surface area contributed by atoms with E-state index in [1.807, 2.05) is 24.3 Å². The number of hydrogen-bond donors (Lipinski definition) is 0. The number of likely N-dealkylation sites (N-methyl/N-ethyl adjacent to an activating group) is 2. The molecule has 1 saturated heterocycles. The van der Waals surface area contributed by atoms with Crippen molar-refractivity contribution in [2.45, 2.75) is 116 Å². The third-order valence-corrected chi connectivity index (χ3v) is 9.72. The van der Waals surface area contributed by atoms with Crippen LogP contribution in [0.5, 0.6) is 0 Å². The molecule has 1 aromatic carbocycles. The van der Waals surface area contributed by atoms with Gasteiger partial charge >= 0.3 is 24.0 Å². The van der Waals surface area contributed by atoms with Crippen LogP contribution in [0.4, 0.5) is 9.18 Å². The molecule has 13 heteroatoms. The molecule has 0 bridgehead atoms. The minimum absolute atomic E-state index is 0.0114. The number of nitrogens with zero attached hydrogens (tertiary/aromatic N) is 2. The van der Waals surface area contributed by atoms with Crippen LogP contribution in [0.1, 0.15) is 85.1 Å². The Labute approximate surface area is 318 Å². The SMILES string of the molecule is CN(C(=O)OC(C)(C)C)[C@@H](CC(C)(C)F)C(=O)O[C@H](CC1=CC(C2CCOCC2)C=C1)C(=O)N(C)[C@@H](CC1CC1)C(=O)OCC(=O)OCc1ccccc1. The molecule has 12 nitrogen and oxygen atoms in total. The molecule has 1 unspecified atom stereocenters. The average Bonchev–Trinajstić information content (AvgIpc) is 3.83. The van der Waals surface area contributed by atoms with Gasteiger partial charge in [0.15, 0.2) is 12.7 Å². The lowest BCUT2D eigenvalue weighted by atomic mass is 9.87. The second-order valence-electron chi connectivity index (χ2n) is 16.2. The van der Waals surface area contributed by atoms with Crippen LogP contribution >= 0.6 is 0 Å². The van der Waals surface area contributed by atoms with Gasteiger partial charge in [0.05, 0.1) is 0 Å². The zero-order valence-corrected chi connectivity index (χ0v) is 32.7. The number of alkyl halides is 1. The smallest absolute Gasteiger partial charge is 0.410 e. The lowest BCUT2D eigenvalue weighted by molar-refractivity contribution is -0.170. The van der Waals surface area contributed by atoms with E-state index >= 15 is 4.39 Å². The molecule has 1 heterocycles.